The van der Waals surface area contributed by atoms with Crippen molar-refractivity contribution in [2.75, 3.05) is 0 Å². The maximum Gasteiger partial charge on any atom is 0.328 e. The average Bonchev–Trinajstić information content (AvgIpc) is 2.79. The van der Waals surface area contributed by atoms with E-state index in [2.05, 4.69) is 15.6 Å². The SMILES string of the molecule is CCn1nnc2cc(C(=O)NC(C)(C)C(=O)O)ccc21. The van der Waals surface area contributed by atoms with Crippen molar-refractivity contribution in [2.24, 2.45) is 0 Å². The number of rotatable bonds is 4. The summed E-state index contributed by atoms with van der Waals surface area (Å²) >= 11 is 0. The number of carboxylic acid groups (broad SMARTS) is 1. The van der Waals surface area contributed by atoms with Gasteiger partial charge in [0.05, 0.1) is 5.52 Å². The number of carboxylic acids is 1. The monoisotopic (exact) mass is 276 g/mol. The van der Waals surface area contributed by atoms with Crippen LogP contribution in [0.5, 0.6) is 0 Å². The lowest BCUT2D eigenvalue weighted by Crippen LogP contribution is -2.49. The zero-order valence-corrected chi connectivity index (χ0v) is 11.5. The fraction of sp³-hybridized carbons (Fsp3) is 0.385. The molecule has 2 N–H and O–H groups in total. The van der Waals surface area contributed by atoms with Crippen LogP contribution in [0.4, 0.5) is 0 Å². The van der Waals surface area contributed by atoms with Gasteiger partial charge in [0.1, 0.15) is 11.1 Å². The number of aliphatic carboxylic acids is 1. The Labute approximate surface area is 115 Å². The number of nitrogens with zero attached hydrogens (tertiary/aromatic N) is 3. The Morgan fingerprint density at radius 1 is 1.40 bits per heavy atom. The molecule has 1 aromatic heterocycles. The number of carbonyl (C=O) groups is 2. The van der Waals surface area contributed by atoms with E-state index in [9.17, 15) is 9.59 Å². The molecule has 7 heteroatoms. The Morgan fingerprint density at radius 3 is 2.70 bits per heavy atom. The van der Waals surface area contributed by atoms with E-state index in [4.69, 9.17) is 5.11 Å². The largest absolute Gasteiger partial charge is 0.480 e. The molecule has 2 aromatic rings. The molecule has 0 atom stereocenters. The van der Waals surface area contributed by atoms with Gasteiger partial charge < -0.3 is 10.4 Å². The fourth-order valence-electron chi connectivity index (χ4n) is 1.76. The summed E-state index contributed by atoms with van der Waals surface area (Å²) in [6.07, 6.45) is 0. The summed E-state index contributed by atoms with van der Waals surface area (Å²) in [7, 11) is 0. The lowest BCUT2D eigenvalue weighted by atomic mass is 10.1. The van der Waals surface area contributed by atoms with Crippen LogP contribution in [-0.4, -0.2) is 37.5 Å². The first-order valence-corrected chi connectivity index (χ1v) is 6.24. The van der Waals surface area contributed by atoms with Gasteiger partial charge in [0.2, 0.25) is 0 Å². The number of hydrogen-bond acceptors (Lipinski definition) is 4. The molecule has 1 aromatic carbocycles. The second-order valence-corrected chi connectivity index (χ2v) is 4.99. The molecule has 1 heterocycles. The van der Waals surface area contributed by atoms with Gasteiger partial charge in [0, 0.05) is 12.1 Å². The number of aryl methyl sites for hydroxylation is 1. The summed E-state index contributed by atoms with van der Waals surface area (Å²) in [5.41, 5.74) is 0.469. The van der Waals surface area contributed by atoms with Crippen molar-refractivity contribution in [1.82, 2.24) is 20.3 Å². The van der Waals surface area contributed by atoms with Crippen LogP contribution >= 0.6 is 0 Å². The minimum Gasteiger partial charge on any atom is -0.480 e. The molecule has 0 fully saturated rings. The maximum absolute atomic E-state index is 12.1. The van der Waals surface area contributed by atoms with Crippen molar-refractivity contribution in [1.29, 1.82) is 0 Å². The molecule has 0 unspecified atom stereocenters. The standard InChI is InChI=1S/C13H16N4O3/c1-4-17-10-6-5-8(7-9(10)15-16-17)11(18)14-13(2,3)12(19)20/h5-7H,4H2,1-3H3,(H,14,18)(H,19,20). The third-order valence-corrected chi connectivity index (χ3v) is 3.04. The topological polar surface area (TPSA) is 97.1 Å². The molecule has 1 amide bonds. The first-order chi connectivity index (χ1) is 9.35. The zero-order valence-electron chi connectivity index (χ0n) is 11.5. The average molecular weight is 276 g/mol. The third-order valence-electron chi connectivity index (χ3n) is 3.04. The number of carbonyl (C=O) groups excluding carboxylic acids is 1. The van der Waals surface area contributed by atoms with Gasteiger partial charge in [0.15, 0.2) is 0 Å². The van der Waals surface area contributed by atoms with Crippen LogP contribution in [0.25, 0.3) is 11.0 Å². The summed E-state index contributed by atoms with van der Waals surface area (Å²) in [6, 6.07) is 4.98. The van der Waals surface area contributed by atoms with E-state index >= 15 is 0 Å². The number of amides is 1. The van der Waals surface area contributed by atoms with Gasteiger partial charge in [-0.05, 0) is 39.0 Å². The zero-order chi connectivity index (χ0) is 14.9. The molecule has 0 aliphatic carbocycles. The van der Waals surface area contributed by atoms with Gasteiger partial charge in [-0.2, -0.15) is 0 Å². The highest BCUT2D eigenvalue weighted by Gasteiger charge is 2.29. The second-order valence-electron chi connectivity index (χ2n) is 4.99. The molecule has 0 aliphatic heterocycles. The molecule has 2 rings (SSSR count). The van der Waals surface area contributed by atoms with Gasteiger partial charge in [-0.15, -0.1) is 5.10 Å². The third kappa shape index (κ3) is 2.47. The summed E-state index contributed by atoms with van der Waals surface area (Å²) in [4.78, 5) is 23.1. The lowest BCUT2D eigenvalue weighted by molar-refractivity contribution is -0.143. The van der Waals surface area contributed by atoms with Crippen LogP contribution in [0.1, 0.15) is 31.1 Å². The summed E-state index contributed by atoms with van der Waals surface area (Å²) in [6.45, 7) is 5.50. The number of benzene rings is 1. The first-order valence-electron chi connectivity index (χ1n) is 6.24. The Morgan fingerprint density at radius 2 is 2.10 bits per heavy atom. The molecule has 0 saturated heterocycles. The quantitative estimate of drug-likeness (QED) is 0.869. The minimum atomic E-state index is -1.33. The number of nitrogens with one attached hydrogen (secondary N) is 1. The molecular weight excluding hydrogens is 260 g/mol. The van der Waals surface area contributed by atoms with Crippen LogP contribution in [0.3, 0.4) is 0 Å². The maximum atomic E-state index is 12.1. The highest BCUT2D eigenvalue weighted by atomic mass is 16.4. The van der Waals surface area contributed by atoms with Gasteiger partial charge >= 0.3 is 5.97 Å². The molecular formula is C13H16N4O3. The molecule has 7 nitrogen and oxygen atoms in total. The van der Waals surface area contributed by atoms with Crippen molar-refractivity contribution in [3.63, 3.8) is 0 Å². The van der Waals surface area contributed by atoms with Crippen molar-refractivity contribution in [2.45, 2.75) is 32.9 Å². The number of fused-ring (bicyclic) bond motifs is 1. The van der Waals surface area contributed by atoms with Gasteiger partial charge in [0.25, 0.3) is 5.91 Å². The molecule has 0 bridgehead atoms. The van der Waals surface area contributed by atoms with Gasteiger partial charge in [-0.1, -0.05) is 5.21 Å². The minimum absolute atomic E-state index is 0.356. The van der Waals surface area contributed by atoms with E-state index < -0.39 is 17.4 Å². The molecule has 20 heavy (non-hydrogen) atoms. The van der Waals surface area contributed by atoms with Crippen molar-refractivity contribution < 1.29 is 14.7 Å². The van der Waals surface area contributed by atoms with Crippen molar-refractivity contribution in [3.05, 3.63) is 23.8 Å². The van der Waals surface area contributed by atoms with Gasteiger partial charge in [-0.3, -0.25) is 4.79 Å². The van der Waals surface area contributed by atoms with E-state index in [-0.39, 0.29) is 0 Å². The normalized spacial score (nSPS) is 11.6. The van der Waals surface area contributed by atoms with Crippen LogP contribution in [0.2, 0.25) is 0 Å². The fourth-order valence-corrected chi connectivity index (χ4v) is 1.76. The Hall–Kier alpha value is -2.44. The van der Waals surface area contributed by atoms with Crippen LogP contribution in [-0.2, 0) is 11.3 Å². The van der Waals surface area contributed by atoms with E-state index in [1.54, 1.807) is 22.9 Å². The van der Waals surface area contributed by atoms with E-state index in [0.717, 1.165) is 5.52 Å². The van der Waals surface area contributed by atoms with E-state index in [1.807, 2.05) is 6.92 Å². The van der Waals surface area contributed by atoms with Crippen molar-refractivity contribution >= 4 is 22.9 Å². The highest BCUT2D eigenvalue weighted by molar-refractivity contribution is 5.99. The van der Waals surface area contributed by atoms with Crippen LogP contribution < -0.4 is 5.32 Å². The summed E-state index contributed by atoms with van der Waals surface area (Å²) < 4.78 is 1.72. The van der Waals surface area contributed by atoms with Crippen LogP contribution in [0.15, 0.2) is 18.2 Å². The smallest absolute Gasteiger partial charge is 0.328 e. The Kier molecular flexibility index (Phi) is 3.44. The molecule has 0 radical (unpaired) electrons. The molecule has 106 valence electrons. The van der Waals surface area contributed by atoms with Crippen molar-refractivity contribution in [3.8, 4) is 0 Å². The molecule has 0 aliphatic rings. The number of aromatic nitrogens is 3. The predicted molar refractivity (Wildman–Crippen MR) is 72.4 cm³/mol. The molecule has 0 spiro atoms. The van der Waals surface area contributed by atoms with E-state index in [0.29, 0.717) is 17.6 Å². The summed E-state index contributed by atoms with van der Waals surface area (Å²) in [5.74, 6) is -1.55. The molecule has 0 saturated carbocycles. The Bertz CT molecular complexity index is 675. The van der Waals surface area contributed by atoms with E-state index in [1.165, 1.54) is 13.8 Å². The van der Waals surface area contributed by atoms with Crippen LogP contribution in [0, 0.1) is 0 Å². The first kappa shape index (κ1) is 14.0. The lowest BCUT2D eigenvalue weighted by Gasteiger charge is -2.20. The summed E-state index contributed by atoms with van der Waals surface area (Å²) in [5, 5.41) is 19.4. The highest BCUT2D eigenvalue weighted by Crippen LogP contribution is 2.14. The second kappa shape index (κ2) is 4.92. The van der Waals surface area contributed by atoms with Gasteiger partial charge in [-0.25, -0.2) is 9.48 Å². The Balaban J connectivity index is 2.29. The number of hydrogen-bond donors (Lipinski definition) is 2. The predicted octanol–water partition coefficient (Wildman–Crippen LogP) is 1.04.